The van der Waals surface area contributed by atoms with Crippen molar-refractivity contribution in [3.63, 3.8) is 0 Å². The Hall–Kier alpha value is -2.51. The quantitative estimate of drug-likeness (QED) is 0.716. The molecule has 1 heterocycles. The summed E-state index contributed by atoms with van der Waals surface area (Å²) in [5.41, 5.74) is 2.47. The highest BCUT2D eigenvalue weighted by Crippen LogP contribution is 2.33. The van der Waals surface area contributed by atoms with Crippen LogP contribution >= 0.6 is 11.6 Å². The largest absolute Gasteiger partial charge is 0.495 e. The molecule has 6 nitrogen and oxygen atoms in total. The fraction of sp³-hybridized carbons (Fsp3) is 0.167. The Balaban J connectivity index is 2.06. The Morgan fingerprint density at radius 2 is 1.81 bits per heavy atom. The van der Waals surface area contributed by atoms with Gasteiger partial charge in [0, 0.05) is 7.05 Å². The summed E-state index contributed by atoms with van der Waals surface area (Å²) >= 11 is 6.12. The minimum atomic E-state index is -3.93. The van der Waals surface area contributed by atoms with Crippen LogP contribution in [-0.4, -0.2) is 25.3 Å². The van der Waals surface area contributed by atoms with Gasteiger partial charge in [-0.1, -0.05) is 48.0 Å². The van der Waals surface area contributed by atoms with Gasteiger partial charge < -0.3 is 4.74 Å². The van der Waals surface area contributed by atoms with Crippen LogP contribution < -0.4 is 9.46 Å². The Morgan fingerprint density at radius 3 is 2.38 bits per heavy atom. The number of rotatable bonds is 5. The van der Waals surface area contributed by atoms with Gasteiger partial charge in [0.05, 0.1) is 18.5 Å². The Labute approximate surface area is 157 Å². The molecule has 3 aromatic rings. The molecule has 0 aliphatic rings. The molecule has 26 heavy (non-hydrogen) atoms. The van der Waals surface area contributed by atoms with E-state index in [1.54, 1.807) is 26.1 Å². The molecule has 0 aliphatic heterocycles. The summed E-state index contributed by atoms with van der Waals surface area (Å²) in [7, 11) is -0.859. The molecule has 0 saturated carbocycles. The molecule has 0 amide bonds. The van der Waals surface area contributed by atoms with Crippen molar-refractivity contribution >= 4 is 27.3 Å². The number of sulfonamides is 1. The minimum Gasteiger partial charge on any atom is -0.495 e. The van der Waals surface area contributed by atoms with Crippen molar-refractivity contribution in [2.45, 2.75) is 11.8 Å². The summed E-state index contributed by atoms with van der Waals surface area (Å²) in [6, 6.07) is 15.0. The molecule has 1 N–H and O–H groups in total. The highest BCUT2D eigenvalue weighted by Gasteiger charge is 2.26. The van der Waals surface area contributed by atoms with Crippen LogP contribution in [0.5, 0.6) is 5.75 Å². The van der Waals surface area contributed by atoms with Crippen molar-refractivity contribution in [1.29, 1.82) is 0 Å². The van der Waals surface area contributed by atoms with Gasteiger partial charge in [-0.25, -0.2) is 8.42 Å². The average Bonchev–Trinajstić information content (AvgIpc) is 2.88. The average molecular weight is 392 g/mol. The Kier molecular flexibility index (Phi) is 4.93. The zero-order valence-electron chi connectivity index (χ0n) is 14.5. The molecular formula is C18H18ClN3O3S. The lowest BCUT2D eigenvalue weighted by molar-refractivity contribution is 0.417. The molecule has 8 heteroatoms. The number of hydrogen-bond acceptors (Lipinski definition) is 4. The van der Waals surface area contributed by atoms with Crippen molar-refractivity contribution in [2.75, 3.05) is 11.8 Å². The maximum atomic E-state index is 12.9. The van der Waals surface area contributed by atoms with Crippen molar-refractivity contribution in [3.8, 4) is 16.9 Å². The van der Waals surface area contributed by atoms with Gasteiger partial charge in [-0.2, -0.15) is 5.10 Å². The number of anilines is 1. The van der Waals surface area contributed by atoms with Crippen molar-refractivity contribution in [3.05, 3.63) is 59.4 Å². The predicted molar refractivity (Wildman–Crippen MR) is 102 cm³/mol. The molecular weight excluding hydrogens is 374 g/mol. The second-order valence-corrected chi connectivity index (χ2v) is 7.69. The van der Waals surface area contributed by atoms with Crippen LogP contribution in [0.25, 0.3) is 11.1 Å². The van der Waals surface area contributed by atoms with E-state index in [0.717, 1.165) is 11.1 Å². The number of hydrogen-bond donors (Lipinski definition) is 1. The first-order valence-corrected chi connectivity index (χ1v) is 9.65. The smallest absolute Gasteiger partial charge is 0.266 e. The van der Waals surface area contributed by atoms with E-state index >= 15 is 0 Å². The van der Waals surface area contributed by atoms with Gasteiger partial charge in [-0.3, -0.25) is 9.40 Å². The molecule has 0 fully saturated rings. The predicted octanol–water partition coefficient (Wildman–Crippen LogP) is 3.86. The van der Waals surface area contributed by atoms with E-state index in [4.69, 9.17) is 16.3 Å². The van der Waals surface area contributed by atoms with E-state index in [1.165, 1.54) is 11.8 Å². The number of methoxy groups -OCH3 is 1. The number of benzene rings is 2. The lowest BCUT2D eigenvalue weighted by atomic mass is 10.1. The highest BCUT2D eigenvalue weighted by atomic mass is 35.5. The third kappa shape index (κ3) is 3.40. The van der Waals surface area contributed by atoms with Gasteiger partial charge in [-0.05, 0) is 30.2 Å². The van der Waals surface area contributed by atoms with E-state index in [-0.39, 0.29) is 10.0 Å². The number of aromatic nitrogens is 2. The van der Waals surface area contributed by atoms with E-state index in [9.17, 15) is 8.42 Å². The fourth-order valence-electron chi connectivity index (χ4n) is 2.71. The lowest BCUT2D eigenvalue weighted by Gasteiger charge is -2.13. The first-order chi connectivity index (χ1) is 12.3. The number of nitrogens with one attached hydrogen (secondary N) is 1. The molecule has 0 spiro atoms. The van der Waals surface area contributed by atoms with E-state index < -0.39 is 10.0 Å². The molecule has 0 bridgehead atoms. The van der Waals surface area contributed by atoms with Gasteiger partial charge in [0.25, 0.3) is 10.0 Å². The second kappa shape index (κ2) is 7.01. The molecule has 0 radical (unpaired) electrons. The molecule has 3 rings (SSSR count). The number of aryl methyl sites for hydroxylation is 2. The van der Waals surface area contributed by atoms with Crippen LogP contribution in [0, 0.1) is 6.92 Å². The SMILES string of the molecule is COc1ccc(-c2ccccc2)cc1NS(=O)(=O)c1c(C)nn(C)c1Cl. The highest BCUT2D eigenvalue weighted by molar-refractivity contribution is 7.92. The molecule has 0 saturated heterocycles. The van der Waals surface area contributed by atoms with E-state index in [0.29, 0.717) is 17.1 Å². The normalized spacial score (nSPS) is 11.4. The minimum absolute atomic E-state index is 0.0474. The summed E-state index contributed by atoms with van der Waals surface area (Å²) in [6.07, 6.45) is 0. The maximum Gasteiger partial charge on any atom is 0.266 e. The van der Waals surface area contributed by atoms with E-state index in [2.05, 4.69) is 9.82 Å². The first-order valence-electron chi connectivity index (χ1n) is 7.79. The fourth-order valence-corrected chi connectivity index (χ4v) is 4.52. The van der Waals surface area contributed by atoms with Gasteiger partial charge in [0.1, 0.15) is 15.8 Å². The Morgan fingerprint density at radius 1 is 1.12 bits per heavy atom. The zero-order chi connectivity index (χ0) is 18.9. The topological polar surface area (TPSA) is 73.2 Å². The summed E-state index contributed by atoms with van der Waals surface area (Å²) < 4.78 is 34.9. The van der Waals surface area contributed by atoms with Crippen molar-refractivity contribution < 1.29 is 13.2 Å². The van der Waals surface area contributed by atoms with Gasteiger partial charge in [0.2, 0.25) is 0 Å². The molecule has 136 valence electrons. The zero-order valence-corrected chi connectivity index (χ0v) is 16.1. The maximum absolute atomic E-state index is 12.9. The summed E-state index contributed by atoms with van der Waals surface area (Å²) in [6.45, 7) is 1.60. The molecule has 0 unspecified atom stereocenters. The van der Waals surface area contributed by atoms with Crippen LogP contribution in [0.4, 0.5) is 5.69 Å². The van der Waals surface area contributed by atoms with Crippen molar-refractivity contribution in [2.24, 2.45) is 7.05 Å². The number of ether oxygens (including phenoxy) is 1. The first kappa shape index (κ1) is 18.3. The number of nitrogens with zero attached hydrogens (tertiary/aromatic N) is 2. The molecule has 1 aromatic heterocycles. The van der Waals surface area contributed by atoms with Crippen LogP contribution in [0.15, 0.2) is 53.4 Å². The second-order valence-electron chi connectivity index (χ2n) is 5.72. The van der Waals surface area contributed by atoms with Gasteiger partial charge in [-0.15, -0.1) is 0 Å². The van der Waals surface area contributed by atoms with Crippen LogP contribution in [0.3, 0.4) is 0 Å². The standard InChI is InChI=1S/C18H18ClN3O3S/c1-12-17(18(19)22(2)20-12)26(23,24)21-15-11-14(9-10-16(15)25-3)13-7-5-4-6-8-13/h4-11,21H,1-3H3. The van der Waals surface area contributed by atoms with Crippen LogP contribution in [0.2, 0.25) is 5.15 Å². The third-order valence-corrected chi connectivity index (χ3v) is 5.98. The summed E-state index contributed by atoms with van der Waals surface area (Å²) in [5.74, 6) is 0.408. The van der Waals surface area contributed by atoms with Gasteiger partial charge >= 0.3 is 0 Å². The molecule has 0 aliphatic carbocycles. The van der Waals surface area contributed by atoms with E-state index in [1.807, 2.05) is 36.4 Å². The third-order valence-electron chi connectivity index (χ3n) is 3.92. The lowest BCUT2D eigenvalue weighted by Crippen LogP contribution is -2.15. The van der Waals surface area contributed by atoms with Crippen LogP contribution in [-0.2, 0) is 17.1 Å². The summed E-state index contributed by atoms with van der Waals surface area (Å²) in [5, 5.41) is 4.11. The van der Waals surface area contributed by atoms with Gasteiger partial charge in [0.15, 0.2) is 0 Å². The summed E-state index contributed by atoms with van der Waals surface area (Å²) in [4.78, 5) is -0.0474. The molecule has 0 atom stereocenters. The van der Waals surface area contributed by atoms with Crippen molar-refractivity contribution in [1.82, 2.24) is 9.78 Å². The Bertz CT molecular complexity index is 1050. The monoisotopic (exact) mass is 391 g/mol. The van der Waals surface area contributed by atoms with Crippen LogP contribution in [0.1, 0.15) is 5.69 Å². The molecule has 2 aromatic carbocycles. The number of halogens is 1.